The number of benzene rings is 2. The zero-order valence-electron chi connectivity index (χ0n) is 7.95. The Morgan fingerprint density at radius 3 is 2.64 bits per heavy atom. The third-order valence-electron chi connectivity index (χ3n) is 2.35. The average Bonchev–Trinajstić information content (AvgIpc) is 2.17. The van der Waals surface area contributed by atoms with Gasteiger partial charge >= 0.3 is 0 Å². The van der Waals surface area contributed by atoms with E-state index in [1.807, 2.05) is 24.3 Å². The first kappa shape index (κ1) is 9.16. The Hall–Kier alpha value is -1.41. The van der Waals surface area contributed by atoms with Crippen LogP contribution in [0.15, 0.2) is 36.4 Å². The van der Waals surface area contributed by atoms with Gasteiger partial charge in [-0.05, 0) is 35.4 Å². The Labute approximate surface area is 88.5 Å². The minimum Gasteiger partial charge on any atom is -0.389 e. The van der Waals surface area contributed by atoms with Crippen molar-refractivity contribution in [2.45, 2.75) is 6.92 Å². The summed E-state index contributed by atoms with van der Waals surface area (Å²) < 4.78 is 0. The summed E-state index contributed by atoms with van der Waals surface area (Å²) in [6, 6.07) is 12.3. The highest BCUT2D eigenvalue weighted by atomic mass is 32.1. The predicted octanol–water partition coefficient (Wildman–Crippen LogP) is 2.78. The first-order valence-corrected chi connectivity index (χ1v) is 4.88. The second-order valence-corrected chi connectivity index (χ2v) is 3.82. The highest BCUT2D eigenvalue weighted by Gasteiger charge is 2.01. The lowest BCUT2D eigenvalue weighted by atomic mass is 10.0. The zero-order chi connectivity index (χ0) is 10.1. The molecule has 0 fully saturated rings. The fourth-order valence-electron chi connectivity index (χ4n) is 1.64. The van der Waals surface area contributed by atoms with Crippen molar-refractivity contribution in [2.75, 3.05) is 0 Å². The standard InChI is InChI=1S/C12H11NS/c1-8-6-10(12(13)14)7-9-4-2-3-5-11(8)9/h2-7H,1H3,(H2,13,14). The number of hydrogen-bond acceptors (Lipinski definition) is 1. The van der Waals surface area contributed by atoms with Gasteiger partial charge in [-0.3, -0.25) is 0 Å². The summed E-state index contributed by atoms with van der Waals surface area (Å²) in [4.78, 5) is 0.457. The van der Waals surface area contributed by atoms with E-state index < -0.39 is 0 Å². The Balaban J connectivity index is 2.78. The number of fused-ring (bicyclic) bond motifs is 1. The highest BCUT2D eigenvalue weighted by Crippen LogP contribution is 2.20. The largest absolute Gasteiger partial charge is 0.389 e. The molecule has 0 aromatic heterocycles. The molecule has 0 unspecified atom stereocenters. The normalized spacial score (nSPS) is 10.4. The summed E-state index contributed by atoms with van der Waals surface area (Å²) in [7, 11) is 0. The number of rotatable bonds is 1. The van der Waals surface area contributed by atoms with E-state index in [1.54, 1.807) is 0 Å². The van der Waals surface area contributed by atoms with Crippen LogP contribution in [-0.4, -0.2) is 4.99 Å². The first-order chi connectivity index (χ1) is 6.68. The van der Waals surface area contributed by atoms with Gasteiger partial charge in [0, 0.05) is 5.56 Å². The van der Waals surface area contributed by atoms with E-state index in [9.17, 15) is 0 Å². The second kappa shape index (κ2) is 3.39. The lowest BCUT2D eigenvalue weighted by Gasteiger charge is -2.05. The van der Waals surface area contributed by atoms with Gasteiger partial charge in [0.1, 0.15) is 4.99 Å². The zero-order valence-corrected chi connectivity index (χ0v) is 8.77. The third kappa shape index (κ3) is 1.49. The van der Waals surface area contributed by atoms with Gasteiger partial charge in [-0.1, -0.05) is 36.5 Å². The van der Waals surface area contributed by atoms with Crippen LogP contribution in [0.4, 0.5) is 0 Å². The molecule has 0 radical (unpaired) electrons. The molecule has 1 nitrogen and oxygen atoms in total. The summed E-state index contributed by atoms with van der Waals surface area (Å²) in [5.74, 6) is 0. The molecule has 70 valence electrons. The van der Waals surface area contributed by atoms with Gasteiger partial charge in [0.2, 0.25) is 0 Å². The molecule has 0 saturated heterocycles. The van der Waals surface area contributed by atoms with E-state index >= 15 is 0 Å². The molecule has 2 aromatic rings. The Morgan fingerprint density at radius 1 is 1.21 bits per heavy atom. The maximum Gasteiger partial charge on any atom is 0.104 e. The van der Waals surface area contributed by atoms with Crippen LogP contribution in [0.3, 0.4) is 0 Å². The highest BCUT2D eigenvalue weighted by molar-refractivity contribution is 7.80. The number of nitrogens with two attached hydrogens (primary N) is 1. The van der Waals surface area contributed by atoms with Crippen LogP contribution in [0.2, 0.25) is 0 Å². The van der Waals surface area contributed by atoms with Crippen molar-refractivity contribution in [3.8, 4) is 0 Å². The van der Waals surface area contributed by atoms with E-state index in [-0.39, 0.29) is 0 Å². The fourth-order valence-corrected chi connectivity index (χ4v) is 1.76. The fraction of sp³-hybridized carbons (Fsp3) is 0.0833. The summed E-state index contributed by atoms with van der Waals surface area (Å²) in [6.45, 7) is 2.07. The molecule has 0 aliphatic carbocycles. The maximum absolute atomic E-state index is 5.61. The molecule has 2 N–H and O–H groups in total. The second-order valence-electron chi connectivity index (χ2n) is 3.38. The molecule has 2 rings (SSSR count). The summed E-state index contributed by atoms with van der Waals surface area (Å²) in [6.07, 6.45) is 0. The van der Waals surface area contributed by atoms with Crippen LogP contribution < -0.4 is 5.73 Å². The molecule has 14 heavy (non-hydrogen) atoms. The Bertz CT molecular complexity index is 503. The molecule has 0 saturated carbocycles. The molecular weight excluding hydrogens is 190 g/mol. The van der Waals surface area contributed by atoms with Gasteiger partial charge in [0.25, 0.3) is 0 Å². The lowest BCUT2D eigenvalue weighted by Crippen LogP contribution is -2.09. The average molecular weight is 201 g/mol. The predicted molar refractivity (Wildman–Crippen MR) is 64.6 cm³/mol. The quantitative estimate of drug-likeness (QED) is 0.718. The molecule has 0 atom stereocenters. The van der Waals surface area contributed by atoms with Crippen LogP contribution >= 0.6 is 12.2 Å². The smallest absolute Gasteiger partial charge is 0.104 e. The van der Waals surface area contributed by atoms with E-state index in [4.69, 9.17) is 18.0 Å². The van der Waals surface area contributed by atoms with Crippen LogP contribution in [-0.2, 0) is 0 Å². The van der Waals surface area contributed by atoms with Crippen LogP contribution in [0, 0.1) is 6.92 Å². The van der Waals surface area contributed by atoms with Gasteiger partial charge < -0.3 is 5.73 Å². The van der Waals surface area contributed by atoms with Gasteiger partial charge in [0.15, 0.2) is 0 Å². The molecule has 0 aliphatic heterocycles. The molecule has 0 spiro atoms. The molecule has 2 heteroatoms. The summed E-state index contributed by atoms with van der Waals surface area (Å²) >= 11 is 4.96. The van der Waals surface area contributed by atoms with E-state index in [2.05, 4.69) is 19.1 Å². The van der Waals surface area contributed by atoms with Crippen LogP contribution in [0.1, 0.15) is 11.1 Å². The van der Waals surface area contributed by atoms with E-state index in [0.717, 1.165) is 5.56 Å². The van der Waals surface area contributed by atoms with Crippen molar-refractivity contribution in [1.82, 2.24) is 0 Å². The minimum absolute atomic E-state index is 0.457. The molecule has 2 aromatic carbocycles. The van der Waals surface area contributed by atoms with Gasteiger partial charge in [-0.25, -0.2) is 0 Å². The van der Waals surface area contributed by atoms with Crippen molar-refractivity contribution in [3.63, 3.8) is 0 Å². The molecule has 0 heterocycles. The van der Waals surface area contributed by atoms with Crippen molar-refractivity contribution in [3.05, 3.63) is 47.5 Å². The van der Waals surface area contributed by atoms with Crippen molar-refractivity contribution < 1.29 is 0 Å². The van der Waals surface area contributed by atoms with Crippen LogP contribution in [0.25, 0.3) is 10.8 Å². The molecular formula is C12H11NS. The lowest BCUT2D eigenvalue weighted by molar-refractivity contribution is 1.51. The number of aryl methyl sites for hydroxylation is 1. The third-order valence-corrected chi connectivity index (χ3v) is 2.59. The van der Waals surface area contributed by atoms with Gasteiger partial charge in [-0.15, -0.1) is 0 Å². The van der Waals surface area contributed by atoms with E-state index in [1.165, 1.54) is 16.3 Å². The van der Waals surface area contributed by atoms with E-state index in [0.29, 0.717) is 4.99 Å². The number of hydrogen-bond donors (Lipinski definition) is 1. The molecule has 0 aliphatic rings. The van der Waals surface area contributed by atoms with Gasteiger partial charge in [-0.2, -0.15) is 0 Å². The SMILES string of the molecule is Cc1cc(C(N)=S)cc2ccccc12. The van der Waals surface area contributed by atoms with Crippen LogP contribution in [0.5, 0.6) is 0 Å². The van der Waals surface area contributed by atoms with Crippen molar-refractivity contribution >= 4 is 28.0 Å². The summed E-state index contributed by atoms with van der Waals surface area (Å²) in [5.41, 5.74) is 7.76. The Morgan fingerprint density at radius 2 is 1.93 bits per heavy atom. The molecule has 0 bridgehead atoms. The van der Waals surface area contributed by atoms with Crippen molar-refractivity contribution in [1.29, 1.82) is 0 Å². The van der Waals surface area contributed by atoms with Crippen molar-refractivity contribution in [2.24, 2.45) is 5.73 Å². The number of thiocarbonyl (C=S) groups is 1. The van der Waals surface area contributed by atoms with Gasteiger partial charge in [0.05, 0.1) is 0 Å². The maximum atomic E-state index is 5.61. The monoisotopic (exact) mass is 201 g/mol. The topological polar surface area (TPSA) is 26.0 Å². The first-order valence-electron chi connectivity index (χ1n) is 4.47. The summed E-state index contributed by atoms with van der Waals surface area (Å²) in [5, 5.41) is 2.45. The Kier molecular flexibility index (Phi) is 2.22. The molecule has 0 amide bonds. The minimum atomic E-state index is 0.457.